The maximum absolute atomic E-state index is 4.44. The average molecular weight is 317 g/mol. The molecule has 0 spiro atoms. The van der Waals surface area contributed by atoms with Gasteiger partial charge in [0.05, 0.1) is 11.4 Å². The number of hydrogen-bond donors (Lipinski definition) is 2. The second-order valence-electron chi connectivity index (χ2n) is 5.53. The summed E-state index contributed by atoms with van der Waals surface area (Å²) in [7, 11) is 0. The van der Waals surface area contributed by atoms with Gasteiger partial charge in [-0.1, -0.05) is 17.7 Å². The monoisotopic (exact) mass is 317 g/mol. The van der Waals surface area contributed by atoms with Crippen LogP contribution in [0.2, 0.25) is 0 Å². The Bertz CT molecular complexity index is 1050. The molecule has 4 aromatic rings. The van der Waals surface area contributed by atoms with Crippen LogP contribution >= 0.6 is 0 Å². The van der Waals surface area contributed by atoms with Crippen molar-refractivity contribution in [1.82, 2.24) is 25.1 Å². The number of hydrazone groups is 1. The van der Waals surface area contributed by atoms with Crippen molar-refractivity contribution in [3.8, 4) is 0 Å². The number of anilines is 1. The molecule has 0 saturated carbocycles. The van der Waals surface area contributed by atoms with Crippen LogP contribution in [0.4, 0.5) is 5.95 Å². The lowest BCUT2D eigenvalue weighted by Crippen LogP contribution is -2.04. The van der Waals surface area contributed by atoms with Crippen LogP contribution in [0.1, 0.15) is 18.2 Å². The van der Waals surface area contributed by atoms with Gasteiger partial charge in [-0.3, -0.25) is 4.98 Å². The average Bonchev–Trinajstić information content (AvgIpc) is 2.97. The third-order valence-corrected chi connectivity index (χ3v) is 3.73. The highest BCUT2D eigenvalue weighted by atomic mass is 15.4. The topological polar surface area (TPSA) is 91.7 Å². The molecule has 0 aliphatic rings. The van der Waals surface area contributed by atoms with Gasteiger partial charge in [-0.15, -0.1) is 10.2 Å². The van der Waals surface area contributed by atoms with Crippen molar-refractivity contribution < 1.29 is 0 Å². The van der Waals surface area contributed by atoms with Crippen molar-refractivity contribution in [1.29, 1.82) is 0 Å². The number of H-pyrrole nitrogens is 1. The molecule has 0 aliphatic heterocycles. The number of aromatic nitrogens is 5. The molecular formula is C17H15N7. The minimum absolute atomic E-state index is 0.334. The molecule has 0 amide bonds. The number of aryl methyl sites for hydroxylation is 1. The van der Waals surface area contributed by atoms with Gasteiger partial charge in [0.25, 0.3) is 5.95 Å². The van der Waals surface area contributed by atoms with Crippen molar-refractivity contribution in [3.63, 3.8) is 0 Å². The summed E-state index contributed by atoms with van der Waals surface area (Å²) in [5.74, 6) is 0.334. The first-order valence-corrected chi connectivity index (χ1v) is 7.55. The van der Waals surface area contributed by atoms with Crippen molar-refractivity contribution in [3.05, 3.63) is 53.9 Å². The van der Waals surface area contributed by atoms with Gasteiger partial charge in [-0.25, -0.2) is 5.43 Å². The molecule has 7 heteroatoms. The number of nitrogens with one attached hydrogen (secondary N) is 2. The van der Waals surface area contributed by atoms with E-state index in [2.05, 4.69) is 41.7 Å². The van der Waals surface area contributed by atoms with Crippen LogP contribution in [-0.2, 0) is 0 Å². The van der Waals surface area contributed by atoms with Crippen LogP contribution in [0.3, 0.4) is 0 Å². The summed E-state index contributed by atoms with van der Waals surface area (Å²) in [4.78, 5) is 11.9. The fourth-order valence-corrected chi connectivity index (χ4v) is 2.50. The Labute approximate surface area is 137 Å². The highest BCUT2D eigenvalue weighted by Gasteiger charge is 2.09. The van der Waals surface area contributed by atoms with E-state index >= 15 is 0 Å². The zero-order valence-electron chi connectivity index (χ0n) is 13.3. The third kappa shape index (κ3) is 2.56. The summed E-state index contributed by atoms with van der Waals surface area (Å²) in [5, 5.41) is 13.7. The summed E-state index contributed by atoms with van der Waals surface area (Å²) >= 11 is 0. The standard InChI is InChI=1S/C17H15N7/c1-10-6-7-14-12(9-10)15-16(19-14)20-17(24-22-15)23-21-11(2)13-5-3-4-8-18-13/h3-9H,1-2H3,(H2,19,20,23,24). The lowest BCUT2D eigenvalue weighted by Gasteiger charge is -2.01. The SMILES string of the molecule is CC(=NNc1nnc2c(n1)[nH]c1ccc(C)cc12)c1ccccn1. The maximum Gasteiger partial charge on any atom is 0.265 e. The minimum atomic E-state index is 0.334. The van der Waals surface area contributed by atoms with E-state index in [1.165, 1.54) is 5.56 Å². The van der Waals surface area contributed by atoms with Gasteiger partial charge in [0.1, 0.15) is 5.52 Å². The third-order valence-electron chi connectivity index (χ3n) is 3.73. The molecule has 0 atom stereocenters. The van der Waals surface area contributed by atoms with Crippen LogP contribution in [0.5, 0.6) is 0 Å². The molecular weight excluding hydrogens is 302 g/mol. The summed E-state index contributed by atoms with van der Waals surface area (Å²) in [5.41, 5.74) is 7.96. The zero-order chi connectivity index (χ0) is 16.5. The smallest absolute Gasteiger partial charge is 0.265 e. The Balaban J connectivity index is 1.67. The molecule has 3 aromatic heterocycles. The van der Waals surface area contributed by atoms with Crippen LogP contribution < -0.4 is 5.43 Å². The largest absolute Gasteiger partial charge is 0.338 e. The van der Waals surface area contributed by atoms with E-state index in [-0.39, 0.29) is 0 Å². The van der Waals surface area contributed by atoms with Gasteiger partial charge < -0.3 is 4.98 Å². The molecule has 3 heterocycles. The molecule has 0 saturated heterocycles. The first-order valence-electron chi connectivity index (χ1n) is 7.55. The molecule has 7 nitrogen and oxygen atoms in total. The molecule has 0 bridgehead atoms. The number of pyridine rings is 1. The van der Waals surface area contributed by atoms with E-state index in [0.717, 1.165) is 27.8 Å². The minimum Gasteiger partial charge on any atom is -0.338 e. The molecule has 0 aliphatic carbocycles. The summed E-state index contributed by atoms with van der Waals surface area (Å²) in [6.07, 6.45) is 1.73. The second kappa shape index (κ2) is 5.69. The summed E-state index contributed by atoms with van der Waals surface area (Å²) in [6, 6.07) is 11.8. The fraction of sp³-hybridized carbons (Fsp3) is 0.118. The predicted molar refractivity (Wildman–Crippen MR) is 94.0 cm³/mol. The van der Waals surface area contributed by atoms with Gasteiger partial charge in [0.15, 0.2) is 5.65 Å². The number of benzene rings is 1. The quantitative estimate of drug-likeness (QED) is 0.447. The second-order valence-corrected chi connectivity index (χ2v) is 5.53. The summed E-state index contributed by atoms with van der Waals surface area (Å²) in [6.45, 7) is 3.91. The van der Waals surface area contributed by atoms with Crippen LogP contribution in [0.25, 0.3) is 22.1 Å². The molecule has 0 radical (unpaired) electrons. The van der Waals surface area contributed by atoms with Crippen LogP contribution in [-0.4, -0.2) is 30.9 Å². The van der Waals surface area contributed by atoms with E-state index in [1.54, 1.807) is 6.20 Å². The molecule has 0 unspecified atom stereocenters. The van der Waals surface area contributed by atoms with E-state index in [1.807, 2.05) is 44.2 Å². The number of fused-ring (bicyclic) bond motifs is 3. The number of nitrogens with zero attached hydrogens (tertiary/aromatic N) is 5. The molecule has 0 fully saturated rings. The highest BCUT2D eigenvalue weighted by molar-refractivity contribution is 6.03. The van der Waals surface area contributed by atoms with Gasteiger partial charge in [-0.05, 0) is 38.1 Å². The van der Waals surface area contributed by atoms with Gasteiger partial charge in [0.2, 0.25) is 0 Å². The van der Waals surface area contributed by atoms with Crippen LogP contribution in [0.15, 0.2) is 47.7 Å². The Kier molecular flexibility index (Phi) is 3.38. The van der Waals surface area contributed by atoms with Crippen LogP contribution in [0, 0.1) is 6.92 Å². The lowest BCUT2D eigenvalue weighted by atomic mass is 10.2. The predicted octanol–water partition coefficient (Wildman–Crippen LogP) is 3.05. The Morgan fingerprint density at radius 1 is 1.17 bits per heavy atom. The number of rotatable bonds is 3. The van der Waals surface area contributed by atoms with Crippen molar-refractivity contribution in [2.75, 3.05) is 5.43 Å². The van der Waals surface area contributed by atoms with Gasteiger partial charge in [-0.2, -0.15) is 10.1 Å². The van der Waals surface area contributed by atoms with Gasteiger partial charge >= 0.3 is 0 Å². The maximum atomic E-state index is 4.44. The molecule has 4 rings (SSSR count). The number of aromatic amines is 1. The fourth-order valence-electron chi connectivity index (χ4n) is 2.50. The zero-order valence-corrected chi connectivity index (χ0v) is 13.3. The van der Waals surface area contributed by atoms with Crippen molar-refractivity contribution in [2.45, 2.75) is 13.8 Å². The number of hydrogen-bond acceptors (Lipinski definition) is 6. The van der Waals surface area contributed by atoms with Crippen molar-refractivity contribution >= 4 is 33.7 Å². The first kappa shape index (κ1) is 14.3. The highest BCUT2D eigenvalue weighted by Crippen LogP contribution is 2.23. The Morgan fingerprint density at radius 2 is 2.08 bits per heavy atom. The van der Waals surface area contributed by atoms with E-state index in [0.29, 0.717) is 11.6 Å². The molecule has 1 aromatic carbocycles. The Morgan fingerprint density at radius 3 is 2.92 bits per heavy atom. The van der Waals surface area contributed by atoms with E-state index in [4.69, 9.17) is 0 Å². The molecule has 24 heavy (non-hydrogen) atoms. The molecule has 118 valence electrons. The van der Waals surface area contributed by atoms with E-state index in [9.17, 15) is 0 Å². The van der Waals surface area contributed by atoms with E-state index < -0.39 is 0 Å². The Hall–Kier alpha value is -3.35. The van der Waals surface area contributed by atoms with Gasteiger partial charge in [0, 0.05) is 17.1 Å². The summed E-state index contributed by atoms with van der Waals surface area (Å²) < 4.78 is 0. The molecule has 2 N–H and O–H groups in total. The van der Waals surface area contributed by atoms with Crippen molar-refractivity contribution in [2.24, 2.45) is 5.10 Å². The lowest BCUT2D eigenvalue weighted by molar-refractivity contribution is 1.01. The normalized spacial score (nSPS) is 12.0. The first-order chi connectivity index (χ1) is 11.7.